The summed E-state index contributed by atoms with van der Waals surface area (Å²) in [5.41, 5.74) is 2.15. The molecule has 0 aliphatic carbocycles. The molecule has 7 nitrogen and oxygen atoms in total. The van der Waals surface area contributed by atoms with Gasteiger partial charge in [-0.25, -0.2) is 4.98 Å². The standard InChI is InChI=1S/C21H31N5O2/c1-3-22-21(23-11-13-27-16-18-10-7-12-28-18)26(2)15-20-24-14-19(25-20)17-8-5-4-6-9-17/h4-6,8-9,14,18H,3,7,10-13,15-16H2,1-2H3,(H,22,23)(H,24,25). The van der Waals surface area contributed by atoms with Crippen LogP contribution in [0.5, 0.6) is 0 Å². The van der Waals surface area contributed by atoms with Crippen LogP contribution in [0.15, 0.2) is 41.5 Å². The molecule has 3 rings (SSSR count). The molecule has 1 fully saturated rings. The van der Waals surface area contributed by atoms with E-state index < -0.39 is 0 Å². The fraction of sp³-hybridized carbons (Fsp3) is 0.524. The number of benzene rings is 1. The first-order valence-electron chi connectivity index (χ1n) is 10.0. The number of H-pyrrole nitrogens is 1. The second-order valence-electron chi connectivity index (χ2n) is 6.91. The summed E-state index contributed by atoms with van der Waals surface area (Å²) >= 11 is 0. The molecule has 2 aromatic rings. The summed E-state index contributed by atoms with van der Waals surface area (Å²) < 4.78 is 11.3. The number of aromatic amines is 1. The minimum atomic E-state index is 0.262. The van der Waals surface area contributed by atoms with Crippen molar-refractivity contribution in [2.24, 2.45) is 4.99 Å². The quantitative estimate of drug-likeness (QED) is 0.394. The number of guanidine groups is 1. The zero-order valence-corrected chi connectivity index (χ0v) is 16.9. The molecule has 1 aliphatic rings. The summed E-state index contributed by atoms with van der Waals surface area (Å²) in [5, 5.41) is 3.33. The van der Waals surface area contributed by atoms with E-state index in [9.17, 15) is 0 Å². The molecule has 0 spiro atoms. The Hall–Kier alpha value is -2.38. The lowest BCUT2D eigenvalue weighted by Crippen LogP contribution is -2.39. The number of aromatic nitrogens is 2. The van der Waals surface area contributed by atoms with Crippen LogP contribution in [0, 0.1) is 0 Å². The fourth-order valence-electron chi connectivity index (χ4n) is 3.18. The minimum Gasteiger partial charge on any atom is -0.377 e. The Labute approximate surface area is 167 Å². The van der Waals surface area contributed by atoms with E-state index in [0.717, 1.165) is 49.0 Å². The van der Waals surface area contributed by atoms with E-state index in [1.165, 1.54) is 0 Å². The highest BCUT2D eigenvalue weighted by Gasteiger charge is 2.15. The summed E-state index contributed by atoms with van der Waals surface area (Å²) in [4.78, 5) is 14.6. The molecule has 28 heavy (non-hydrogen) atoms. The van der Waals surface area contributed by atoms with Crippen LogP contribution in [0.2, 0.25) is 0 Å². The molecule has 2 N–H and O–H groups in total. The third-order valence-electron chi connectivity index (χ3n) is 4.62. The van der Waals surface area contributed by atoms with Gasteiger partial charge in [0, 0.05) is 20.2 Å². The van der Waals surface area contributed by atoms with Gasteiger partial charge in [0.1, 0.15) is 5.82 Å². The molecule has 1 atom stereocenters. The first-order chi connectivity index (χ1) is 13.8. The molecule has 1 saturated heterocycles. The molecule has 152 valence electrons. The highest BCUT2D eigenvalue weighted by molar-refractivity contribution is 5.79. The number of rotatable bonds is 9. The Morgan fingerprint density at radius 3 is 3.00 bits per heavy atom. The Balaban J connectivity index is 1.49. The molecule has 2 heterocycles. The number of aliphatic imine (C=N–C) groups is 1. The Bertz CT molecular complexity index is 725. The topological polar surface area (TPSA) is 74.8 Å². The average molecular weight is 386 g/mol. The second kappa shape index (κ2) is 10.8. The molecule has 0 amide bonds. The van der Waals surface area contributed by atoms with Crippen LogP contribution in [-0.2, 0) is 16.0 Å². The summed E-state index contributed by atoms with van der Waals surface area (Å²) in [6.45, 7) is 6.27. The van der Waals surface area contributed by atoms with Crippen LogP contribution in [0.25, 0.3) is 11.3 Å². The number of ether oxygens (including phenoxy) is 2. The Kier molecular flexibility index (Phi) is 7.87. The van der Waals surface area contributed by atoms with Crippen LogP contribution >= 0.6 is 0 Å². The highest BCUT2D eigenvalue weighted by Crippen LogP contribution is 2.16. The number of nitrogens with one attached hydrogen (secondary N) is 2. The third kappa shape index (κ3) is 6.07. The number of imidazole rings is 1. The first-order valence-corrected chi connectivity index (χ1v) is 10.0. The molecule has 1 aliphatic heterocycles. The molecule has 7 heteroatoms. The van der Waals surface area contributed by atoms with Gasteiger partial charge in [-0.05, 0) is 25.3 Å². The molecule has 0 radical (unpaired) electrons. The lowest BCUT2D eigenvalue weighted by molar-refractivity contribution is 0.0199. The molecule has 1 aromatic heterocycles. The lowest BCUT2D eigenvalue weighted by Gasteiger charge is -2.21. The van der Waals surface area contributed by atoms with Gasteiger partial charge in [-0.2, -0.15) is 0 Å². The van der Waals surface area contributed by atoms with Crippen LogP contribution in [0.1, 0.15) is 25.6 Å². The van der Waals surface area contributed by atoms with Gasteiger partial charge in [-0.3, -0.25) is 4.99 Å². The van der Waals surface area contributed by atoms with Crippen molar-refractivity contribution in [3.05, 3.63) is 42.4 Å². The zero-order chi connectivity index (χ0) is 19.6. The molecule has 1 aromatic carbocycles. The van der Waals surface area contributed by atoms with Gasteiger partial charge in [-0.15, -0.1) is 0 Å². The van der Waals surface area contributed by atoms with E-state index in [1.807, 2.05) is 31.4 Å². The van der Waals surface area contributed by atoms with Crippen molar-refractivity contribution < 1.29 is 9.47 Å². The molecule has 0 bridgehead atoms. The van der Waals surface area contributed by atoms with Gasteiger partial charge in [0.05, 0.1) is 44.3 Å². The zero-order valence-electron chi connectivity index (χ0n) is 16.9. The van der Waals surface area contributed by atoms with Crippen LogP contribution in [0.4, 0.5) is 0 Å². The SMILES string of the molecule is CCNC(=NCCOCC1CCCO1)N(C)Cc1ncc(-c2ccccc2)[nH]1. The smallest absolute Gasteiger partial charge is 0.194 e. The largest absolute Gasteiger partial charge is 0.377 e. The van der Waals surface area contributed by atoms with Crippen molar-refractivity contribution in [1.29, 1.82) is 0 Å². The maximum Gasteiger partial charge on any atom is 0.194 e. The van der Waals surface area contributed by atoms with Gasteiger partial charge in [0.15, 0.2) is 5.96 Å². The number of hydrogen-bond acceptors (Lipinski definition) is 4. The number of nitrogens with zero attached hydrogens (tertiary/aromatic N) is 3. The van der Waals surface area contributed by atoms with E-state index in [4.69, 9.17) is 9.47 Å². The average Bonchev–Trinajstić information content (AvgIpc) is 3.40. The van der Waals surface area contributed by atoms with Gasteiger partial charge in [-0.1, -0.05) is 30.3 Å². The van der Waals surface area contributed by atoms with Gasteiger partial charge < -0.3 is 24.7 Å². The van der Waals surface area contributed by atoms with Crippen molar-refractivity contribution in [3.63, 3.8) is 0 Å². The van der Waals surface area contributed by atoms with E-state index in [-0.39, 0.29) is 6.10 Å². The fourth-order valence-corrected chi connectivity index (χ4v) is 3.18. The van der Waals surface area contributed by atoms with Crippen LogP contribution in [-0.4, -0.2) is 66.9 Å². The minimum absolute atomic E-state index is 0.262. The van der Waals surface area contributed by atoms with Crippen molar-refractivity contribution in [2.45, 2.75) is 32.4 Å². The van der Waals surface area contributed by atoms with Gasteiger partial charge >= 0.3 is 0 Å². The maximum atomic E-state index is 5.70. The van der Waals surface area contributed by atoms with Crippen molar-refractivity contribution in [2.75, 3.05) is 40.0 Å². The molecule has 1 unspecified atom stereocenters. The van der Waals surface area contributed by atoms with Crippen molar-refractivity contribution >= 4 is 5.96 Å². The Morgan fingerprint density at radius 1 is 1.39 bits per heavy atom. The molecular weight excluding hydrogens is 354 g/mol. The summed E-state index contributed by atoms with van der Waals surface area (Å²) in [6, 6.07) is 10.2. The summed E-state index contributed by atoms with van der Waals surface area (Å²) in [6.07, 6.45) is 4.38. The summed E-state index contributed by atoms with van der Waals surface area (Å²) in [7, 11) is 2.01. The van der Waals surface area contributed by atoms with Crippen molar-refractivity contribution in [3.8, 4) is 11.3 Å². The highest BCUT2D eigenvalue weighted by atomic mass is 16.5. The van der Waals surface area contributed by atoms with E-state index >= 15 is 0 Å². The molecular formula is C21H31N5O2. The van der Waals surface area contributed by atoms with Crippen molar-refractivity contribution in [1.82, 2.24) is 20.2 Å². The third-order valence-corrected chi connectivity index (χ3v) is 4.62. The molecule has 0 saturated carbocycles. The number of hydrogen-bond donors (Lipinski definition) is 2. The second-order valence-corrected chi connectivity index (χ2v) is 6.91. The normalized spacial score (nSPS) is 17.1. The monoisotopic (exact) mass is 385 g/mol. The van der Waals surface area contributed by atoms with E-state index in [0.29, 0.717) is 26.3 Å². The predicted octanol–water partition coefficient (Wildman–Crippen LogP) is 2.67. The predicted molar refractivity (Wildman–Crippen MR) is 111 cm³/mol. The van der Waals surface area contributed by atoms with Gasteiger partial charge in [0.25, 0.3) is 0 Å². The first kappa shape index (κ1) is 20.4. The summed E-state index contributed by atoms with van der Waals surface area (Å²) in [5.74, 6) is 1.75. The van der Waals surface area contributed by atoms with Crippen LogP contribution < -0.4 is 5.32 Å². The van der Waals surface area contributed by atoms with Crippen LogP contribution in [0.3, 0.4) is 0 Å². The van der Waals surface area contributed by atoms with E-state index in [1.54, 1.807) is 0 Å². The van der Waals surface area contributed by atoms with Gasteiger partial charge in [0.2, 0.25) is 0 Å². The van der Waals surface area contributed by atoms with E-state index in [2.05, 4.69) is 44.2 Å². The lowest BCUT2D eigenvalue weighted by atomic mass is 10.2. The maximum absolute atomic E-state index is 5.70. The Morgan fingerprint density at radius 2 is 2.25 bits per heavy atom.